The second kappa shape index (κ2) is 11.7. The van der Waals surface area contributed by atoms with Gasteiger partial charge in [0.15, 0.2) is 11.5 Å². The van der Waals surface area contributed by atoms with Crippen LogP contribution in [0.25, 0.3) is 0 Å². The van der Waals surface area contributed by atoms with Gasteiger partial charge in [0, 0.05) is 37.7 Å². The molecule has 2 heterocycles. The molecule has 2 aliphatic rings. The van der Waals surface area contributed by atoms with Gasteiger partial charge in [0.2, 0.25) is 12.7 Å². The first-order valence-corrected chi connectivity index (χ1v) is 14.6. The van der Waals surface area contributed by atoms with Crippen LogP contribution in [0, 0.1) is 0 Å². The Morgan fingerprint density at radius 3 is 2.44 bits per heavy atom. The van der Waals surface area contributed by atoms with E-state index in [-0.39, 0.29) is 24.1 Å². The molecule has 0 saturated carbocycles. The zero-order valence-electron chi connectivity index (χ0n) is 21.6. The Morgan fingerprint density at radius 2 is 1.69 bits per heavy atom. The van der Waals surface area contributed by atoms with Crippen LogP contribution in [0.5, 0.6) is 17.2 Å². The molecule has 0 atom stereocenters. The summed E-state index contributed by atoms with van der Waals surface area (Å²) in [6, 6.07) is 18.6. The number of hydrogen-bond donors (Lipinski definition) is 0. The number of piperazine rings is 1. The third kappa shape index (κ3) is 6.08. The zero-order valence-corrected chi connectivity index (χ0v) is 23.2. The van der Waals surface area contributed by atoms with Gasteiger partial charge in [0.05, 0.1) is 17.2 Å². The van der Waals surface area contributed by atoms with Crippen LogP contribution in [-0.2, 0) is 21.4 Å². The van der Waals surface area contributed by atoms with Crippen molar-refractivity contribution >= 4 is 33.2 Å². The maximum absolute atomic E-state index is 13.8. The number of carbonyl (C=O) groups is 1. The summed E-state index contributed by atoms with van der Waals surface area (Å²) in [6.45, 7) is 5.10. The van der Waals surface area contributed by atoms with Crippen molar-refractivity contribution in [2.45, 2.75) is 18.4 Å². The van der Waals surface area contributed by atoms with E-state index in [4.69, 9.17) is 25.8 Å². The number of sulfonamides is 1. The van der Waals surface area contributed by atoms with Gasteiger partial charge in [-0.15, -0.1) is 0 Å². The molecular weight excluding hydrogens is 542 g/mol. The van der Waals surface area contributed by atoms with E-state index in [2.05, 4.69) is 4.90 Å². The number of rotatable bonds is 9. The van der Waals surface area contributed by atoms with Crippen molar-refractivity contribution in [1.82, 2.24) is 9.80 Å². The van der Waals surface area contributed by atoms with Gasteiger partial charge in [-0.1, -0.05) is 29.8 Å². The Morgan fingerprint density at radius 1 is 0.974 bits per heavy atom. The van der Waals surface area contributed by atoms with Crippen LogP contribution in [-0.4, -0.2) is 70.2 Å². The fourth-order valence-electron chi connectivity index (χ4n) is 4.65. The van der Waals surface area contributed by atoms with E-state index in [1.807, 2.05) is 25.1 Å². The fraction of sp³-hybridized carbons (Fsp3) is 0.321. The molecule has 1 amide bonds. The molecule has 11 heteroatoms. The molecule has 3 aromatic rings. The maximum atomic E-state index is 13.8. The summed E-state index contributed by atoms with van der Waals surface area (Å²) in [5, 5.41) is 0.421. The number of carbonyl (C=O) groups excluding carboxylic acids is 1. The van der Waals surface area contributed by atoms with Crippen LogP contribution in [0.15, 0.2) is 71.6 Å². The molecule has 39 heavy (non-hydrogen) atoms. The first-order chi connectivity index (χ1) is 18.8. The molecule has 0 unspecified atom stereocenters. The Kier molecular flexibility index (Phi) is 8.15. The monoisotopic (exact) mass is 571 g/mol. The van der Waals surface area contributed by atoms with Crippen molar-refractivity contribution in [2.75, 3.05) is 50.4 Å². The fourth-order valence-corrected chi connectivity index (χ4v) is 6.20. The number of para-hydroxylation sites is 2. The molecule has 0 aliphatic carbocycles. The SMILES string of the molecule is CCOc1ccccc1N(CC(=O)N1CCN(Cc2ccc3c(c2)OCO3)CC1)S(=O)(=O)c1ccc(Cl)cc1. The molecular formula is C28H30ClN3O6S. The molecule has 0 aromatic heterocycles. The van der Waals surface area contributed by atoms with Gasteiger partial charge >= 0.3 is 0 Å². The van der Waals surface area contributed by atoms with E-state index in [1.165, 1.54) is 24.3 Å². The lowest BCUT2D eigenvalue weighted by molar-refractivity contribution is -0.131. The smallest absolute Gasteiger partial charge is 0.264 e. The van der Waals surface area contributed by atoms with Crippen LogP contribution in [0.3, 0.4) is 0 Å². The quantitative estimate of drug-likeness (QED) is 0.383. The average molecular weight is 572 g/mol. The Balaban J connectivity index is 1.30. The van der Waals surface area contributed by atoms with Gasteiger partial charge < -0.3 is 19.1 Å². The van der Waals surface area contributed by atoms with Gasteiger partial charge in [-0.3, -0.25) is 14.0 Å². The number of amides is 1. The van der Waals surface area contributed by atoms with E-state index < -0.39 is 10.0 Å². The van der Waals surface area contributed by atoms with Crippen LogP contribution >= 0.6 is 11.6 Å². The minimum Gasteiger partial charge on any atom is -0.492 e. The third-order valence-electron chi connectivity index (χ3n) is 6.68. The number of anilines is 1. The van der Waals surface area contributed by atoms with E-state index in [9.17, 15) is 13.2 Å². The molecule has 9 nitrogen and oxygen atoms in total. The van der Waals surface area contributed by atoms with Gasteiger partial charge in [0.1, 0.15) is 12.3 Å². The van der Waals surface area contributed by atoms with Gasteiger partial charge in [-0.2, -0.15) is 0 Å². The highest BCUT2D eigenvalue weighted by Gasteiger charge is 2.32. The molecule has 2 aliphatic heterocycles. The van der Waals surface area contributed by atoms with Crippen molar-refractivity contribution in [1.29, 1.82) is 0 Å². The van der Waals surface area contributed by atoms with Crippen molar-refractivity contribution in [3.63, 3.8) is 0 Å². The first-order valence-electron chi connectivity index (χ1n) is 12.7. The van der Waals surface area contributed by atoms with Crippen LogP contribution in [0.2, 0.25) is 5.02 Å². The molecule has 0 N–H and O–H groups in total. The summed E-state index contributed by atoms with van der Waals surface area (Å²) < 4.78 is 45.3. The van der Waals surface area contributed by atoms with Crippen LogP contribution in [0.4, 0.5) is 5.69 Å². The lowest BCUT2D eigenvalue weighted by Crippen LogP contribution is -2.51. The number of hydrogen-bond acceptors (Lipinski definition) is 7. The van der Waals surface area contributed by atoms with Crippen molar-refractivity contribution in [3.8, 4) is 17.2 Å². The van der Waals surface area contributed by atoms with E-state index in [1.54, 1.807) is 29.2 Å². The minimum absolute atomic E-state index is 0.0412. The van der Waals surface area contributed by atoms with Gasteiger partial charge in [-0.05, 0) is 61.0 Å². The number of nitrogens with zero attached hydrogens (tertiary/aromatic N) is 3. The average Bonchev–Trinajstić information content (AvgIpc) is 3.41. The van der Waals surface area contributed by atoms with Crippen LogP contribution < -0.4 is 18.5 Å². The molecule has 206 valence electrons. The molecule has 1 saturated heterocycles. The van der Waals surface area contributed by atoms with Crippen molar-refractivity contribution < 1.29 is 27.4 Å². The summed E-state index contributed by atoms with van der Waals surface area (Å²) in [7, 11) is -4.09. The molecule has 0 bridgehead atoms. The van der Waals surface area contributed by atoms with Gasteiger partial charge in [0.25, 0.3) is 10.0 Å². The summed E-state index contributed by atoms with van der Waals surface area (Å²) in [5.41, 5.74) is 1.41. The van der Waals surface area contributed by atoms with Gasteiger partial charge in [-0.25, -0.2) is 8.42 Å². The van der Waals surface area contributed by atoms with E-state index in [0.717, 1.165) is 27.9 Å². The zero-order chi connectivity index (χ0) is 27.4. The largest absolute Gasteiger partial charge is 0.492 e. The van der Waals surface area contributed by atoms with Crippen molar-refractivity contribution in [3.05, 3.63) is 77.3 Å². The van der Waals surface area contributed by atoms with E-state index >= 15 is 0 Å². The molecule has 5 rings (SSSR count). The number of fused-ring (bicyclic) bond motifs is 1. The Bertz CT molecular complexity index is 1430. The van der Waals surface area contributed by atoms with Crippen molar-refractivity contribution in [2.24, 2.45) is 0 Å². The first kappa shape index (κ1) is 27.1. The predicted octanol–water partition coefficient (Wildman–Crippen LogP) is 4.01. The number of halogens is 1. The molecule has 0 spiro atoms. The lowest BCUT2D eigenvalue weighted by atomic mass is 10.1. The summed E-state index contributed by atoms with van der Waals surface area (Å²) >= 11 is 5.99. The normalized spacial score (nSPS) is 15.3. The topological polar surface area (TPSA) is 88.6 Å². The Labute approximate surface area is 233 Å². The summed E-state index contributed by atoms with van der Waals surface area (Å²) in [4.78, 5) is 17.5. The minimum atomic E-state index is -4.09. The van der Waals surface area contributed by atoms with E-state index in [0.29, 0.717) is 49.2 Å². The van der Waals surface area contributed by atoms with Crippen LogP contribution in [0.1, 0.15) is 12.5 Å². The molecule has 1 fully saturated rings. The highest BCUT2D eigenvalue weighted by molar-refractivity contribution is 7.92. The predicted molar refractivity (Wildman–Crippen MR) is 148 cm³/mol. The maximum Gasteiger partial charge on any atom is 0.264 e. The number of ether oxygens (including phenoxy) is 3. The molecule has 0 radical (unpaired) electrons. The standard InChI is InChI=1S/C28H30ClN3O6S/c1-2-36-25-6-4-3-5-24(25)32(39(34,35)23-10-8-22(29)9-11-23)19-28(33)31-15-13-30(14-16-31)18-21-7-12-26-27(17-21)38-20-37-26/h3-12,17H,2,13-16,18-20H2,1H3. The Hall–Kier alpha value is -3.47. The summed E-state index contributed by atoms with van der Waals surface area (Å²) in [5.74, 6) is 1.61. The highest BCUT2D eigenvalue weighted by Crippen LogP contribution is 2.34. The lowest BCUT2D eigenvalue weighted by Gasteiger charge is -2.36. The highest BCUT2D eigenvalue weighted by atomic mass is 35.5. The third-order valence-corrected chi connectivity index (χ3v) is 8.71. The number of benzene rings is 3. The second-order valence-corrected chi connectivity index (χ2v) is 11.5. The molecule has 3 aromatic carbocycles. The second-order valence-electron chi connectivity index (χ2n) is 9.21. The summed E-state index contributed by atoms with van der Waals surface area (Å²) in [6.07, 6.45) is 0.